The van der Waals surface area contributed by atoms with Crippen molar-refractivity contribution in [3.8, 4) is 0 Å². The van der Waals surface area contributed by atoms with E-state index in [1.807, 2.05) is 25.7 Å². The van der Waals surface area contributed by atoms with Gasteiger partial charge in [-0.05, 0) is 82.8 Å². The van der Waals surface area contributed by atoms with E-state index in [1.54, 1.807) is 0 Å². The van der Waals surface area contributed by atoms with Crippen LogP contribution in [0.15, 0.2) is 24.3 Å². The standard InChI is InChI=1S/C26H43NO2/c1-6-8-9-10-11-21-12-14-22(15-13-21)23-16-18-24(19-17-23)27(20-7-2)25(28)29-26(3,4)5/h12-15,23-24H,6-11,16-20H2,1-5H3. The fourth-order valence-corrected chi connectivity index (χ4v) is 4.42. The number of benzene rings is 1. The number of nitrogens with zero attached hydrogens (tertiary/aromatic N) is 1. The lowest BCUT2D eigenvalue weighted by molar-refractivity contribution is 0.0115. The van der Waals surface area contributed by atoms with Gasteiger partial charge in [0.2, 0.25) is 0 Å². The number of carbonyl (C=O) groups is 1. The summed E-state index contributed by atoms with van der Waals surface area (Å²) in [6.07, 6.45) is 11.8. The van der Waals surface area contributed by atoms with Crippen molar-refractivity contribution in [1.29, 1.82) is 0 Å². The molecule has 2 rings (SSSR count). The summed E-state index contributed by atoms with van der Waals surface area (Å²) in [5.74, 6) is 0.627. The van der Waals surface area contributed by atoms with Crippen LogP contribution in [-0.2, 0) is 11.2 Å². The average Bonchev–Trinajstić information content (AvgIpc) is 2.69. The molecule has 1 aliphatic carbocycles. The number of ether oxygens (including phenoxy) is 1. The molecule has 0 atom stereocenters. The first-order valence-electron chi connectivity index (χ1n) is 11.9. The van der Waals surface area contributed by atoms with E-state index in [0.717, 1.165) is 38.6 Å². The summed E-state index contributed by atoms with van der Waals surface area (Å²) in [5.41, 5.74) is 2.51. The van der Waals surface area contributed by atoms with Gasteiger partial charge in [0, 0.05) is 12.6 Å². The van der Waals surface area contributed by atoms with E-state index >= 15 is 0 Å². The molecule has 1 amide bonds. The quantitative estimate of drug-likeness (QED) is 0.401. The van der Waals surface area contributed by atoms with Crippen LogP contribution >= 0.6 is 0 Å². The monoisotopic (exact) mass is 401 g/mol. The third-order valence-corrected chi connectivity index (χ3v) is 6.00. The van der Waals surface area contributed by atoms with Crippen LogP contribution in [0.5, 0.6) is 0 Å². The van der Waals surface area contributed by atoms with Crippen LogP contribution < -0.4 is 0 Å². The normalized spacial score (nSPS) is 19.8. The average molecular weight is 402 g/mol. The Hall–Kier alpha value is -1.51. The van der Waals surface area contributed by atoms with Crippen molar-refractivity contribution in [2.45, 2.75) is 116 Å². The van der Waals surface area contributed by atoms with Gasteiger partial charge in [-0.3, -0.25) is 0 Å². The van der Waals surface area contributed by atoms with Crippen molar-refractivity contribution >= 4 is 6.09 Å². The molecule has 1 aliphatic rings. The zero-order valence-electron chi connectivity index (χ0n) is 19.5. The second-order valence-electron chi connectivity index (χ2n) is 9.73. The molecule has 0 spiro atoms. The lowest BCUT2D eigenvalue weighted by Crippen LogP contribution is -2.45. The number of unbranched alkanes of at least 4 members (excludes halogenated alkanes) is 3. The van der Waals surface area contributed by atoms with Gasteiger partial charge >= 0.3 is 6.09 Å². The van der Waals surface area contributed by atoms with E-state index in [1.165, 1.54) is 43.2 Å². The van der Waals surface area contributed by atoms with Gasteiger partial charge in [-0.1, -0.05) is 57.4 Å². The molecule has 0 aliphatic heterocycles. The molecule has 0 unspecified atom stereocenters. The first-order chi connectivity index (χ1) is 13.8. The highest BCUT2D eigenvalue weighted by atomic mass is 16.6. The summed E-state index contributed by atoms with van der Waals surface area (Å²) in [6, 6.07) is 9.67. The Labute approximate surface area is 179 Å². The molecule has 1 fully saturated rings. The van der Waals surface area contributed by atoms with E-state index in [4.69, 9.17) is 4.74 Å². The second-order valence-corrected chi connectivity index (χ2v) is 9.73. The first kappa shape index (κ1) is 23.8. The Morgan fingerprint density at radius 1 is 0.966 bits per heavy atom. The Bertz CT molecular complexity index is 594. The molecule has 3 heteroatoms. The van der Waals surface area contributed by atoms with Crippen LogP contribution in [-0.4, -0.2) is 29.2 Å². The minimum absolute atomic E-state index is 0.143. The SMILES string of the molecule is CCCCCCc1ccc(C2CCC(N(CCC)C(=O)OC(C)(C)C)CC2)cc1. The highest BCUT2D eigenvalue weighted by Crippen LogP contribution is 2.35. The number of amides is 1. The number of aryl methyl sites for hydroxylation is 1. The third-order valence-electron chi connectivity index (χ3n) is 6.00. The van der Waals surface area contributed by atoms with Crippen LogP contribution in [0.25, 0.3) is 0 Å². The summed E-state index contributed by atoms with van der Waals surface area (Å²) in [4.78, 5) is 14.7. The Morgan fingerprint density at radius 3 is 2.17 bits per heavy atom. The van der Waals surface area contributed by atoms with Crippen LogP contribution in [0.2, 0.25) is 0 Å². The van der Waals surface area contributed by atoms with Gasteiger partial charge in [-0.25, -0.2) is 4.79 Å². The fourth-order valence-electron chi connectivity index (χ4n) is 4.42. The lowest BCUT2D eigenvalue weighted by Gasteiger charge is -2.37. The van der Waals surface area contributed by atoms with Gasteiger partial charge < -0.3 is 9.64 Å². The zero-order valence-corrected chi connectivity index (χ0v) is 19.5. The third kappa shape index (κ3) is 8.03. The molecule has 164 valence electrons. The lowest BCUT2D eigenvalue weighted by atomic mass is 9.81. The topological polar surface area (TPSA) is 29.5 Å². The van der Waals surface area contributed by atoms with Gasteiger partial charge in [0.15, 0.2) is 0 Å². The van der Waals surface area contributed by atoms with E-state index in [0.29, 0.717) is 12.0 Å². The van der Waals surface area contributed by atoms with E-state index in [-0.39, 0.29) is 6.09 Å². The van der Waals surface area contributed by atoms with Crippen LogP contribution in [0.1, 0.15) is 109 Å². The molecule has 1 saturated carbocycles. The molecular weight excluding hydrogens is 358 g/mol. The van der Waals surface area contributed by atoms with Crippen molar-refractivity contribution in [1.82, 2.24) is 4.90 Å². The Balaban J connectivity index is 1.87. The molecule has 0 heterocycles. The highest BCUT2D eigenvalue weighted by Gasteiger charge is 2.31. The minimum atomic E-state index is -0.432. The van der Waals surface area contributed by atoms with Gasteiger partial charge in [-0.15, -0.1) is 0 Å². The van der Waals surface area contributed by atoms with Crippen molar-refractivity contribution in [2.75, 3.05) is 6.54 Å². The van der Waals surface area contributed by atoms with Gasteiger partial charge in [0.25, 0.3) is 0 Å². The molecule has 3 nitrogen and oxygen atoms in total. The molecule has 1 aromatic carbocycles. The maximum absolute atomic E-state index is 12.7. The maximum Gasteiger partial charge on any atom is 0.410 e. The summed E-state index contributed by atoms with van der Waals surface area (Å²) >= 11 is 0. The summed E-state index contributed by atoms with van der Waals surface area (Å²) in [6.45, 7) is 11.0. The van der Waals surface area contributed by atoms with E-state index in [9.17, 15) is 4.79 Å². The largest absolute Gasteiger partial charge is 0.444 e. The molecule has 29 heavy (non-hydrogen) atoms. The van der Waals surface area contributed by atoms with Crippen molar-refractivity contribution in [3.05, 3.63) is 35.4 Å². The van der Waals surface area contributed by atoms with Crippen molar-refractivity contribution in [3.63, 3.8) is 0 Å². The van der Waals surface area contributed by atoms with Crippen LogP contribution in [0, 0.1) is 0 Å². The van der Waals surface area contributed by atoms with Gasteiger partial charge in [-0.2, -0.15) is 0 Å². The van der Waals surface area contributed by atoms with E-state index in [2.05, 4.69) is 38.1 Å². The Morgan fingerprint density at radius 2 is 1.62 bits per heavy atom. The van der Waals surface area contributed by atoms with Crippen LogP contribution in [0.4, 0.5) is 4.79 Å². The number of rotatable bonds is 9. The van der Waals surface area contributed by atoms with E-state index < -0.39 is 5.60 Å². The Kier molecular flexibility index (Phi) is 9.52. The minimum Gasteiger partial charge on any atom is -0.444 e. The highest BCUT2D eigenvalue weighted by molar-refractivity contribution is 5.68. The molecule has 0 N–H and O–H groups in total. The number of carbonyl (C=O) groups excluding carboxylic acids is 1. The molecule has 0 aromatic heterocycles. The zero-order chi connectivity index (χ0) is 21.3. The number of hydrogen-bond donors (Lipinski definition) is 0. The molecule has 0 saturated heterocycles. The van der Waals surface area contributed by atoms with Crippen molar-refractivity contribution < 1.29 is 9.53 Å². The summed E-state index contributed by atoms with van der Waals surface area (Å²) in [5, 5.41) is 0. The summed E-state index contributed by atoms with van der Waals surface area (Å²) in [7, 11) is 0. The van der Waals surface area contributed by atoms with Gasteiger partial charge in [0.1, 0.15) is 5.60 Å². The molecular formula is C26H43NO2. The van der Waals surface area contributed by atoms with Crippen LogP contribution in [0.3, 0.4) is 0 Å². The first-order valence-corrected chi connectivity index (χ1v) is 11.9. The summed E-state index contributed by atoms with van der Waals surface area (Å²) < 4.78 is 5.66. The fraction of sp³-hybridized carbons (Fsp3) is 0.731. The molecule has 0 radical (unpaired) electrons. The smallest absolute Gasteiger partial charge is 0.410 e. The van der Waals surface area contributed by atoms with Gasteiger partial charge in [0.05, 0.1) is 0 Å². The number of hydrogen-bond acceptors (Lipinski definition) is 2. The maximum atomic E-state index is 12.7. The second kappa shape index (κ2) is 11.6. The predicted molar refractivity (Wildman–Crippen MR) is 123 cm³/mol. The van der Waals surface area contributed by atoms with Crippen molar-refractivity contribution in [2.24, 2.45) is 0 Å². The molecule has 0 bridgehead atoms. The predicted octanol–water partition coefficient (Wildman–Crippen LogP) is 7.48. The molecule has 1 aromatic rings.